The number of hydrogen-bond acceptors (Lipinski definition) is 5. The summed E-state index contributed by atoms with van der Waals surface area (Å²) in [6.07, 6.45) is 6.38. The van der Waals surface area contributed by atoms with Crippen molar-refractivity contribution in [1.29, 1.82) is 0 Å². The standard InChI is InChI=1S/C15H15BrN6O/c1-20-14(23)12-3-2-5-17-13(12)19-15(20)21-6-4-11(9-21)22-8-10(16)7-18-22/h2-3,5,7-8,11H,4,6,9H2,1H3. The summed E-state index contributed by atoms with van der Waals surface area (Å²) in [6, 6.07) is 3.79. The number of anilines is 1. The largest absolute Gasteiger partial charge is 0.340 e. The van der Waals surface area contributed by atoms with Gasteiger partial charge in [0, 0.05) is 32.5 Å². The maximum Gasteiger partial charge on any atom is 0.264 e. The molecule has 0 aromatic carbocycles. The van der Waals surface area contributed by atoms with Crippen LogP contribution in [0.1, 0.15) is 12.5 Å². The molecular weight excluding hydrogens is 360 g/mol. The Kier molecular flexibility index (Phi) is 3.41. The number of aromatic nitrogens is 5. The average molecular weight is 375 g/mol. The Labute approximate surface area is 140 Å². The number of nitrogens with zero attached hydrogens (tertiary/aromatic N) is 6. The molecule has 3 aromatic rings. The second-order valence-corrected chi connectivity index (χ2v) is 6.59. The Balaban J connectivity index is 1.70. The quantitative estimate of drug-likeness (QED) is 0.683. The van der Waals surface area contributed by atoms with E-state index in [9.17, 15) is 4.79 Å². The van der Waals surface area contributed by atoms with Crippen LogP contribution in [0.4, 0.5) is 5.95 Å². The van der Waals surface area contributed by atoms with Gasteiger partial charge in [0.25, 0.3) is 5.56 Å². The number of halogens is 1. The highest BCUT2D eigenvalue weighted by atomic mass is 79.9. The van der Waals surface area contributed by atoms with Gasteiger partial charge in [-0.05, 0) is 34.5 Å². The van der Waals surface area contributed by atoms with E-state index >= 15 is 0 Å². The third-order valence-electron chi connectivity index (χ3n) is 4.22. The predicted octanol–water partition coefficient (Wildman–Crippen LogP) is 1.74. The fourth-order valence-electron chi connectivity index (χ4n) is 3.03. The van der Waals surface area contributed by atoms with Gasteiger partial charge in [-0.2, -0.15) is 10.1 Å². The highest BCUT2D eigenvalue weighted by Gasteiger charge is 2.27. The van der Waals surface area contributed by atoms with E-state index in [1.54, 1.807) is 36.1 Å². The van der Waals surface area contributed by atoms with Gasteiger partial charge in [0.05, 0.1) is 22.1 Å². The van der Waals surface area contributed by atoms with E-state index in [4.69, 9.17) is 0 Å². The summed E-state index contributed by atoms with van der Waals surface area (Å²) in [5.41, 5.74) is 0.430. The number of hydrogen-bond donors (Lipinski definition) is 0. The Hall–Kier alpha value is -2.22. The Bertz CT molecular complexity index is 933. The second-order valence-electron chi connectivity index (χ2n) is 5.68. The highest BCUT2D eigenvalue weighted by molar-refractivity contribution is 9.10. The van der Waals surface area contributed by atoms with Gasteiger partial charge >= 0.3 is 0 Å². The first-order valence-electron chi connectivity index (χ1n) is 7.40. The molecule has 1 aliphatic rings. The molecule has 7 nitrogen and oxygen atoms in total. The number of fused-ring (bicyclic) bond motifs is 1. The van der Waals surface area contributed by atoms with Crippen molar-refractivity contribution in [2.75, 3.05) is 18.0 Å². The molecule has 0 aliphatic carbocycles. The molecule has 1 unspecified atom stereocenters. The molecule has 0 saturated carbocycles. The van der Waals surface area contributed by atoms with E-state index in [1.165, 1.54) is 0 Å². The van der Waals surface area contributed by atoms with Crippen LogP contribution in [0.15, 0.2) is 40.0 Å². The topological polar surface area (TPSA) is 68.8 Å². The zero-order valence-corrected chi connectivity index (χ0v) is 14.1. The minimum absolute atomic E-state index is 0.0663. The van der Waals surface area contributed by atoms with Gasteiger partial charge in [0.1, 0.15) is 0 Å². The monoisotopic (exact) mass is 374 g/mol. The fraction of sp³-hybridized carbons (Fsp3) is 0.333. The molecule has 1 aliphatic heterocycles. The minimum atomic E-state index is -0.0663. The van der Waals surface area contributed by atoms with Crippen molar-refractivity contribution in [2.24, 2.45) is 7.05 Å². The first kappa shape index (κ1) is 14.4. The fourth-order valence-corrected chi connectivity index (χ4v) is 3.33. The molecule has 1 fully saturated rings. The van der Waals surface area contributed by atoms with Gasteiger partial charge < -0.3 is 4.90 Å². The van der Waals surface area contributed by atoms with Crippen LogP contribution in [0.3, 0.4) is 0 Å². The summed E-state index contributed by atoms with van der Waals surface area (Å²) in [4.78, 5) is 23.4. The average Bonchev–Trinajstić information content (AvgIpc) is 3.20. The molecule has 0 bridgehead atoms. The Morgan fingerprint density at radius 1 is 1.39 bits per heavy atom. The van der Waals surface area contributed by atoms with Gasteiger partial charge in [-0.1, -0.05) is 0 Å². The molecule has 0 radical (unpaired) electrons. The summed E-state index contributed by atoms with van der Waals surface area (Å²) >= 11 is 3.42. The molecule has 118 valence electrons. The van der Waals surface area contributed by atoms with Gasteiger partial charge in [-0.25, -0.2) is 4.98 Å². The first-order valence-corrected chi connectivity index (χ1v) is 8.19. The van der Waals surface area contributed by atoms with Gasteiger partial charge in [0.15, 0.2) is 5.65 Å². The Morgan fingerprint density at radius 3 is 3.04 bits per heavy atom. The first-order chi connectivity index (χ1) is 11.1. The minimum Gasteiger partial charge on any atom is -0.340 e. The zero-order chi connectivity index (χ0) is 16.0. The van der Waals surface area contributed by atoms with Crippen molar-refractivity contribution in [3.63, 3.8) is 0 Å². The summed E-state index contributed by atoms with van der Waals surface area (Å²) in [6.45, 7) is 1.60. The lowest BCUT2D eigenvalue weighted by Gasteiger charge is -2.20. The normalized spacial score (nSPS) is 18.0. The van der Waals surface area contributed by atoms with Gasteiger partial charge in [-0.15, -0.1) is 0 Å². The molecule has 0 N–H and O–H groups in total. The maximum absolute atomic E-state index is 12.5. The summed E-state index contributed by atoms with van der Waals surface area (Å²) in [7, 11) is 1.76. The zero-order valence-electron chi connectivity index (χ0n) is 12.6. The molecule has 4 rings (SSSR count). The van der Waals surface area contributed by atoms with Crippen molar-refractivity contribution in [3.8, 4) is 0 Å². The number of pyridine rings is 1. The van der Waals surface area contributed by atoms with Crippen molar-refractivity contribution in [3.05, 3.63) is 45.5 Å². The molecule has 23 heavy (non-hydrogen) atoms. The van der Waals surface area contributed by atoms with Crippen molar-refractivity contribution < 1.29 is 0 Å². The van der Waals surface area contributed by atoms with Crippen LogP contribution < -0.4 is 10.5 Å². The molecule has 0 spiro atoms. The maximum atomic E-state index is 12.5. The second kappa shape index (κ2) is 5.45. The van der Waals surface area contributed by atoms with Gasteiger partial charge in [-0.3, -0.25) is 14.0 Å². The molecule has 4 heterocycles. The van der Waals surface area contributed by atoms with E-state index in [0.717, 1.165) is 24.0 Å². The lowest BCUT2D eigenvalue weighted by Crippen LogP contribution is -2.30. The van der Waals surface area contributed by atoms with Crippen LogP contribution in [0.2, 0.25) is 0 Å². The van der Waals surface area contributed by atoms with E-state index < -0.39 is 0 Å². The molecule has 1 atom stereocenters. The molecular formula is C15H15BrN6O. The molecule has 3 aromatic heterocycles. The van der Waals surface area contributed by atoms with Crippen LogP contribution in [0.5, 0.6) is 0 Å². The lowest BCUT2D eigenvalue weighted by atomic mass is 10.3. The summed E-state index contributed by atoms with van der Waals surface area (Å²) in [5.74, 6) is 0.662. The predicted molar refractivity (Wildman–Crippen MR) is 90.6 cm³/mol. The lowest BCUT2D eigenvalue weighted by molar-refractivity contribution is 0.493. The highest BCUT2D eigenvalue weighted by Crippen LogP contribution is 2.26. The third kappa shape index (κ3) is 2.42. The smallest absolute Gasteiger partial charge is 0.264 e. The molecule has 1 saturated heterocycles. The van der Waals surface area contributed by atoms with Crippen LogP contribution in [-0.2, 0) is 7.05 Å². The summed E-state index contributed by atoms with van der Waals surface area (Å²) in [5, 5.41) is 4.90. The SMILES string of the molecule is Cn1c(N2CCC(n3cc(Br)cn3)C2)nc2ncccc2c1=O. The van der Waals surface area contributed by atoms with Crippen molar-refractivity contribution in [1.82, 2.24) is 24.3 Å². The van der Waals surface area contributed by atoms with Crippen molar-refractivity contribution >= 4 is 32.9 Å². The van der Waals surface area contributed by atoms with Crippen LogP contribution in [0, 0.1) is 0 Å². The van der Waals surface area contributed by atoms with Crippen LogP contribution >= 0.6 is 15.9 Å². The molecule has 0 amide bonds. The van der Waals surface area contributed by atoms with Gasteiger partial charge in [0.2, 0.25) is 5.95 Å². The molecule has 8 heteroatoms. The van der Waals surface area contributed by atoms with E-state index in [1.807, 2.05) is 10.9 Å². The Morgan fingerprint density at radius 2 is 2.26 bits per heavy atom. The van der Waals surface area contributed by atoms with Crippen LogP contribution in [0.25, 0.3) is 11.0 Å². The van der Waals surface area contributed by atoms with Crippen LogP contribution in [-0.4, -0.2) is 37.4 Å². The third-order valence-corrected chi connectivity index (χ3v) is 4.63. The van der Waals surface area contributed by atoms with E-state index in [0.29, 0.717) is 17.0 Å². The number of rotatable bonds is 2. The van der Waals surface area contributed by atoms with E-state index in [-0.39, 0.29) is 11.6 Å². The van der Waals surface area contributed by atoms with E-state index in [2.05, 4.69) is 35.9 Å². The summed E-state index contributed by atoms with van der Waals surface area (Å²) < 4.78 is 4.53. The van der Waals surface area contributed by atoms with Crippen molar-refractivity contribution in [2.45, 2.75) is 12.5 Å².